The van der Waals surface area contributed by atoms with Crippen LogP contribution in [0.4, 0.5) is 4.39 Å². The number of ether oxygens (including phenoxy) is 1. The van der Waals surface area contributed by atoms with E-state index in [1.165, 1.54) is 12.1 Å². The number of aromatic nitrogens is 1. The van der Waals surface area contributed by atoms with Gasteiger partial charge in [-0.3, -0.25) is 4.79 Å². The number of carbonyl (C=O) groups excluding carboxylic acids is 1. The Bertz CT molecular complexity index is 1020. The summed E-state index contributed by atoms with van der Waals surface area (Å²) >= 11 is 3.50. The maximum absolute atomic E-state index is 13.0. The van der Waals surface area contributed by atoms with Gasteiger partial charge in [-0.1, -0.05) is 15.9 Å². The highest BCUT2D eigenvalue weighted by molar-refractivity contribution is 9.10. The van der Waals surface area contributed by atoms with Gasteiger partial charge in [-0.25, -0.2) is 4.39 Å². The Morgan fingerprint density at radius 1 is 1.13 bits per heavy atom. The summed E-state index contributed by atoms with van der Waals surface area (Å²) in [7, 11) is 0. The van der Waals surface area contributed by atoms with Crippen molar-refractivity contribution < 1.29 is 13.9 Å². The van der Waals surface area contributed by atoms with Crippen LogP contribution in [0.1, 0.15) is 36.5 Å². The van der Waals surface area contributed by atoms with Crippen LogP contribution in [-0.2, 0) is 6.54 Å². The number of rotatable bonds is 7. The number of hydrogen-bond acceptors (Lipinski definition) is 3. The molecule has 0 spiro atoms. The van der Waals surface area contributed by atoms with Gasteiger partial charge >= 0.3 is 0 Å². The molecule has 0 atom stereocenters. The molecule has 4 nitrogen and oxygen atoms in total. The Morgan fingerprint density at radius 3 is 2.57 bits per heavy atom. The number of Topliss-reactive ketones (excluding diaryl/α,β-unsaturated/α-hetero) is 1. The third-order valence-corrected chi connectivity index (χ3v) is 6.24. The summed E-state index contributed by atoms with van der Waals surface area (Å²) in [5.74, 6) is 0.595. The molecule has 0 saturated carbocycles. The van der Waals surface area contributed by atoms with Gasteiger partial charge in [0.2, 0.25) is 0 Å². The molecule has 0 N–H and O–H groups in total. The third-order valence-electron chi connectivity index (χ3n) is 5.75. The Balaban J connectivity index is 1.28. The average molecular weight is 473 g/mol. The fourth-order valence-electron chi connectivity index (χ4n) is 4.16. The van der Waals surface area contributed by atoms with Crippen LogP contribution in [0.3, 0.4) is 0 Å². The van der Waals surface area contributed by atoms with Crippen molar-refractivity contribution in [2.75, 3.05) is 19.6 Å². The van der Waals surface area contributed by atoms with Gasteiger partial charge in [0.15, 0.2) is 5.78 Å². The van der Waals surface area contributed by atoms with Crippen LogP contribution < -0.4 is 4.74 Å². The van der Waals surface area contributed by atoms with Crippen LogP contribution >= 0.6 is 15.9 Å². The zero-order chi connectivity index (χ0) is 21.1. The molecule has 4 rings (SSSR count). The predicted molar refractivity (Wildman–Crippen MR) is 121 cm³/mol. The molecule has 0 amide bonds. The summed E-state index contributed by atoms with van der Waals surface area (Å²) in [5, 5.41) is 1.01. The monoisotopic (exact) mass is 472 g/mol. The Morgan fingerprint density at radius 2 is 1.87 bits per heavy atom. The summed E-state index contributed by atoms with van der Waals surface area (Å²) in [6, 6.07) is 12.4. The largest absolute Gasteiger partial charge is 0.490 e. The van der Waals surface area contributed by atoms with Crippen molar-refractivity contribution in [1.82, 2.24) is 9.47 Å². The molecular formula is C24H26BrFN2O2. The first kappa shape index (κ1) is 21.1. The van der Waals surface area contributed by atoms with Crippen LogP contribution in [0.2, 0.25) is 0 Å². The number of likely N-dealkylation sites (tertiary alicyclic amines) is 1. The topological polar surface area (TPSA) is 34.5 Å². The number of carbonyl (C=O) groups is 1. The van der Waals surface area contributed by atoms with Gasteiger partial charge in [0.05, 0.1) is 0 Å². The lowest BCUT2D eigenvalue weighted by Gasteiger charge is -2.32. The molecule has 1 fully saturated rings. The number of aryl methyl sites for hydroxylation is 1. The highest BCUT2D eigenvalue weighted by Gasteiger charge is 2.20. The second kappa shape index (κ2) is 9.31. The van der Waals surface area contributed by atoms with E-state index in [0.29, 0.717) is 0 Å². The molecule has 1 saturated heterocycles. The van der Waals surface area contributed by atoms with Crippen LogP contribution in [0.5, 0.6) is 5.75 Å². The summed E-state index contributed by atoms with van der Waals surface area (Å²) in [4.78, 5) is 14.5. The van der Waals surface area contributed by atoms with Crippen molar-refractivity contribution in [2.24, 2.45) is 0 Å². The van der Waals surface area contributed by atoms with Crippen molar-refractivity contribution in [1.29, 1.82) is 0 Å². The van der Waals surface area contributed by atoms with Crippen molar-refractivity contribution in [2.45, 2.75) is 38.8 Å². The molecule has 0 aliphatic carbocycles. The molecule has 30 heavy (non-hydrogen) atoms. The maximum Gasteiger partial charge on any atom is 0.161 e. The van der Waals surface area contributed by atoms with Crippen molar-refractivity contribution in [3.8, 4) is 5.75 Å². The van der Waals surface area contributed by atoms with Gasteiger partial charge < -0.3 is 14.2 Å². The van der Waals surface area contributed by atoms with E-state index in [-0.39, 0.29) is 17.7 Å². The lowest BCUT2D eigenvalue weighted by atomic mass is 10.1. The number of ketones is 1. The molecule has 2 aromatic carbocycles. The number of piperidine rings is 1. The van der Waals surface area contributed by atoms with Crippen molar-refractivity contribution >= 4 is 32.6 Å². The summed E-state index contributed by atoms with van der Waals surface area (Å²) < 4.78 is 22.2. The molecule has 6 heteroatoms. The van der Waals surface area contributed by atoms with Gasteiger partial charge in [0.25, 0.3) is 0 Å². The molecule has 3 aromatic rings. The Labute approximate surface area is 184 Å². The standard InChI is InChI=1S/C24H26BrFN2O2/c1-17(29)23-16-28(24-8-3-18(25)15-22(23)24)12-2-11-27-13-9-21(10-14-27)30-20-6-4-19(26)5-7-20/h3-8,15-16,21H,2,9-14H2,1H3. The smallest absolute Gasteiger partial charge is 0.161 e. The van der Waals surface area contributed by atoms with Gasteiger partial charge in [-0.15, -0.1) is 0 Å². The second-order valence-electron chi connectivity index (χ2n) is 7.92. The van der Waals surface area contributed by atoms with E-state index in [1.54, 1.807) is 19.1 Å². The van der Waals surface area contributed by atoms with Crippen molar-refractivity contribution in [3.05, 3.63) is 64.5 Å². The zero-order valence-corrected chi connectivity index (χ0v) is 18.7. The number of benzene rings is 2. The third kappa shape index (κ3) is 4.93. The van der Waals surface area contributed by atoms with E-state index in [0.717, 1.165) is 72.1 Å². The first-order valence-electron chi connectivity index (χ1n) is 10.4. The predicted octanol–water partition coefficient (Wildman–Crippen LogP) is 5.68. The average Bonchev–Trinajstić information content (AvgIpc) is 3.09. The normalized spacial score (nSPS) is 15.6. The zero-order valence-electron chi connectivity index (χ0n) is 17.1. The molecule has 1 aliphatic heterocycles. The second-order valence-corrected chi connectivity index (χ2v) is 8.84. The van der Waals surface area contributed by atoms with E-state index < -0.39 is 0 Å². The first-order chi connectivity index (χ1) is 14.5. The summed E-state index contributed by atoms with van der Waals surface area (Å²) in [6.45, 7) is 5.54. The summed E-state index contributed by atoms with van der Waals surface area (Å²) in [6.07, 6.45) is 5.17. The minimum atomic E-state index is -0.240. The number of fused-ring (bicyclic) bond motifs is 1. The molecule has 0 bridgehead atoms. The van der Waals surface area contributed by atoms with Crippen LogP contribution in [0, 0.1) is 5.82 Å². The quantitative estimate of drug-likeness (QED) is 0.414. The number of halogens is 2. The highest BCUT2D eigenvalue weighted by atomic mass is 79.9. The van der Waals surface area contributed by atoms with E-state index in [1.807, 2.05) is 18.3 Å². The summed E-state index contributed by atoms with van der Waals surface area (Å²) in [5.41, 5.74) is 1.89. The highest BCUT2D eigenvalue weighted by Crippen LogP contribution is 2.26. The molecule has 2 heterocycles. The molecule has 1 aromatic heterocycles. The lowest BCUT2D eigenvalue weighted by molar-refractivity contribution is 0.0992. The molecule has 1 aliphatic rings. The molecular weight excluding hydrogens is 447 g/mol. The van der Waals surface area contributed by atoms with E-state index in [9.17, 15) is 9.18 Å². The van der Waals surface area contributed by atoms with Gasteiger partial charge in [-0.2, -0.15) is 0 Å². The number of nitrogens with zero attached hydrogens (tertiary/aromatic N) is 2. The SMILES string of the molecule is CC(=O)c1cn(CCCN2CCC(Oc3ccc(F)cc3)CC2)c2ccc(Br)cc12. The van der Waals surface area contributed by atoms with E-state index in [4.69, 9.17) is 4.74 Å². The van der Waals surface area contributed by atoms with E-state index in [2.05, 4.69) is 31.5 Å². The molecule has 0 radical (unpaired) electrons. The first-order valence-corrected chi connectivity index (χ1v) is 11.2. The maximum atomic E-state index is 13.0. The van der Waals surface area contributed by atoms with Crippen molar-refractivity contribution in [3.63, 3.8) is 0 Å². The lowest BCUT2D eigenvalue weighted by Crippen LogP contribution is -2.38. The molecule has 158 valence electrons. The van der Waals surface area contributed by atoms with Gasteiger partial charge in [-0.05, 0) is 75.2 Å². The van der Waals surface area contributed by atoms with Crippen LogP contribution in [0.15, 0.2) is 53.1 Å². The van der Waals surface area contributed by atoms with Crippen LogP contribution in [0.25, 0.3) is 10.9 Å². The fourth-order valence-corrected chi connectivity index (χ4v) is 4.52. The molecule has 0 unspecified atom stereocenters. The van der Waals surface area contributed by atoms with E-state index >= 15 is 0 Å². The minimum absolute atomic E-state index is 0.0973. The van der Waals surface area contributed by atoms with Gasteiger partial charge in [0.1, 0.15) is 17.7 Å². The Hall–Kier alpha value is -2.18. The van der Waals surface area contributed by atoms with Crippen LogP contribution in [-0.4, -0.2) is 41.0 Å². The number of hydrogen-bond donors (Lipinski definition) is 0. The fraction of sp³-hybridized carbons (Fsp3) is 0.375. The Kier molecular flexibility index (Phi) is 6.54. The van der Waals surface area contributed by atoms with Gasteiger partial charge in [0, 0.05) is 46.8 Å². The minimum Gasteiger partial charge on any atom is -0.490 e.